The van der Waals surface area contributed by atoms with Gasteiger partial charge in [0.05, 0.1) is 18.2 Å². The van der Waals surface area contributed by atoms with Crippen LogP contribution in [0.1, 0.15) is 11.1 Å². The van der Waals surface area contributed by atoms with Crippen molar-refractivity contribution in [3.8, 4) is 11.1 Å². The number of rotatable bonds is 6. The van der Waals surface area contributed by atoms with Crippen molar-refractivity contribution in [1.82, 2.24) is 14.9 Å². The van der Waals surface area contributed by atoms with E-state index in [2.05, 4.69) is 28.0 Å². The minimum atomic E-state index is -0.521. The topological polar surface area (TPSA) is 90.3 Å². The zero-order chi connectivity index (χ0) is 21.1. The van der Waals surface area contributed by atoms with Gasteiger partial charge in [-0.3, -0.25) is 19.0 Å². The van der Waals surface area contributed by atoms with Gasteiger partial charge in [-0.15, -0.1) is 11.3 Å². The second-order valence-corrected chi connectivity index (χ2v) is 8.33. The van der Waals surface area contributed by atoms with Crippen molar-refractivity contribution in [2.75, 3.05) is 19.4 Å². The van der Waals surface area contributed by atoms with E-state index >= 15 is 0 Å². The summed E-state index contributed by atoms with van der Waals surface area (Å²) in [6.45, 7) is 3.91. The minimum absolute atomic E-state index is 0.0399. The number of esters is 1. The number of hydrogen-bond donors (Lipinski definition) is 1. The van der Waals surface area contributed by atoms with Gasteiger partial charge in [0, 0.05) is 18.0 Å². The lowest BCUT2D eigenvalue weighted by atomic mass is 10.0. The number of amides is 1. The molecule has 0 aliphatic rings. The van der Waals surface area contributed by atoms with Gasteiger partial charge in [0.25, 0.3) is 5.56 Å². The highest BCUT2D eigenvalue weighted by Gasteiger charge is 2.17. The van der Waals surface area contributed by atoms with Gasteiger partial charge in [0.2, 0.25) is 5.91 Å². The van der Waals surface area contributed by atoms with Crippen LogP contribution < -0.4 is 10.9 Å². The van der Waals surface area contributed by atoms with E-state index in [1.54, 1.807) is 7.05 Å². The van der Waals surface area contributed by atoms with Crippen LogP contribution in [0.4, 0.5) is 0 Å². The molecule has 3 rings (SSSR count). The molecule has 7 nitrogen and oxygen atoms in total. The Morgan fingerprint density at radius 3 is 2.72 bits per heavy atom. The molecule has 152 valence electrons. The van der Waals surface area contributed by atoms with E-state index in [0.717, 1.165) is 28.5 Å². The van der Waals surface area contributed by atoms with Crippen LogP contribution in [0.3, 0.4) is 0 Å². The van der Waals surface area contributed by atoms with Crippen molar-refractivity contribution in [1.29, 1.82) is 0 Å². The third-order valence-corrected chi connectivity index (χ3v) is 6.48. The van der Waals surface area contributed by atoms with E-state index in [1.807, 2.05) is 24.4 Å². The lowest BCUT2D eigenvalue weighted by Crippen LogP contribution is -2.31. The Morgan fingerprint density at radius 1 is 1.28 bits per heavy atom. The first kappa shape index (κ1) is 21.1. The molecule has 0 saturated heterocycles. The quantitative estimate of drug-likeness (QED) is 0.367. The summed E-state index contributed by atoms with van der Waals surface area (Å²) in [7, 11) is 2.90. The Bertz CT molecular complexity index is 1150. The molecule has 0 atom stereocenters. The van der Waals surface area contributed by atoms with Crippen LogP contribution in [0.15, 0.2) is 33.5 Å². The van der Waals surface area contributed by atoms with E-state index in [-0.39, 0.29) is 23.8 Å². The summed E-state index contributed by atoms with van der Waals surface area (Å²) in [5.41, 5.74) is 4.07. The van der Waals surface area contributed by atoms with E-state index < -0.39 is 5.97 Å². The van der Waals surface area contributed by atoms with Crippen molar-refractivity contribution in [2.45, 2.75) is 19.0 Å². The smallest absolute Gasteiger partial charge is 0.325 e. The normalized spacial score (nSPS) is 10.9. The third-order valence-electron chi connectivity index (χ3n) is 4.58. The second kappa shape index (κ2) is 8.79. The van der Waals surface area contributed by atoms with E-state index in [1.165, 1.54) is 28.6 Å². The second-order valence-electron chi connectivity index (χ2n) is 6.53. The Morgan fingerprint density at radius 2 is 2.03 bits per heavy atom. The molecule has 29 heavy (non-hydrogen) atoms. The number of nitrogens with zero attached hydrogens (tertiary/aromatic N) is 2. The summed E-state index contributed by atoms with van der Waals surface area (Å²) in [4.78, 5) is 41.2. The van der Waals surface area contributed by atoms with Crippen molar-refractivity contribution in [3.63, 3.8) is 0 Å². The number of hydrogen-bond acceptors (Lipinski definition) is 7. The zero-order valence-corrected chi connectivity index (χ0v) is 18.2. The molecule has 0 unspecified atom stereocenters. The zero-order valence-electron chi connectivity index (χ0n) is 16.6. The molecule has 2 heterocycles. The predicted molar refractivity (Wildman–Crippen MR) is 116 cm³/mol. The fourth-order valence-corrected chi connectivity index (χ4v) is 4.52. The Balaban J connectivity index is 1.86. The maximum Gasteiger partial charge on any atom is 0.325 e. The number of nitrogens with one attached hydrogen (secondary N) is 1. The number of thioether (sulfide) groups is 1. The van der Waals surface area contributed by atoms with Gasteiger partial charge in [0.15, 0.2) is 5.16 Å². The van der Waals surface area contributed by atoms with Gasteiger partial charge in [-0.25, -0.2) is 4.98 Å². The molecular formula is C20H21N3O4S2. The lowest BCUT2D eigenvalue weighted by Gasteiger charge is -2.09. The molecule has 0 aliphatic heterocycles. The Labute approximate surface area is 176 Å². The summed E-state index contributed by atoms with van der Waals surface area (Å²) in [5.74, 6) is -0.817. The third kappa shape index (κ3) is 4.51. The maximum absolute atomic E-state index is 13.0. The first-order valence-electron chi connectivity index (χ1n) is 8.84. The molecule has 9 heteroatoms. The maximum atomic E-state index is 13.0. The number of aryl methyl sites for hydroxylation is 2. The molecular weight excluding hydrogens is 410 g/mol. The van der Waals surface area contributed by atoms with Crippen molar-refractivity contribution < 1.29 is 14.3 Å². The Kier molecular flexibility index (Phi) is 6.39. The number of carbonyl (C=O) groups excluding carboxylic acids is 2. The van der Waals surface area contributed by atoms with Gasteiger partial charge < -0.3 is 10.1 Å². The van der Waals surface area contributed by atoms with E-state index in [9.17, 15) is 14.4 Å². The molecule has 1 aromatic carbocycles. The SMILES string of the molecule is COC(=O)CNC(=O)CSc1nc2scc(-c3ccc(C)c(C)c3)c2c(=O)n1C. The van der Waals surface area contributed by atoms with Crippen LogP contribution in [0.2, 0.25) is 0 Å². The van der Waals surface area contributed by atoms with Gasteiger partial charge >= 0.3 is 5.97 Å². The van der Waals surface area contributed by atoms with Crippen LogP contribution in [0.25, 0.3) is 21.3 Å². The van der Waals surface area contributed by atoms with E-state index in [4.69, 9.17) is 0 Å². The van der Waals surface area contributed by atoms with Crippen molar-refractivity contribution in [3.05, 3.63) is 45.1 Å². The number of ether oxygens (including phenoxy) is 1. The number of thiophene rings is 1. The summed E-state index contributed by atoms with van der Waals surface area (Å²) in [6.07, 6.45) is 0. The van der Waals surface area contributed by atoms with Gasteiger partial charge in [-0.05, 0) is 30.5 Å². The predicted octanol–water partition coefficient (Wildman–Crippen LogP) is 2.66. The van der Waals surface area contributed by atoms with Crippen LogP contribution in [0, 0.1) is 13.8 Å². The lowest BCUT2D eigenvalue weighted by molar-refractivity contribution is -0.140. The fourth-order valence-electron chi connectivity index (χ4n) is 2.73. The summed E-state index contributed by atoms with van der Waals surface area (Å²) in [5, 5.41) is 5.44. The van der Waals surface area contributed by atoms with Gasteiger partial charge in [-0.1, -0.05) is 30.0 Å². The number of carbonyl (C=O) groups is 2. The summed E-state index contributed by atoms with van der Waals surface area (Å²) in [6, 6.07) is 6.13. The molecule has 2 aromatic heterocycles. The largest absolute Gasteiger partial charge is 0.468 e. The highest BCUT2D eigenvalue weighted by molar-refractivity contribution is 7.99. The Hall–Kier alpha value is -2.65. The van der Waals surface area contributed by atoms with Gasteiger partial charge in [0.1, 0.15) is 11.4 Å². The minimum Gasteiger partial charge on any atom is -0.468 e. The molecule has 0 saturated carbocycles. The molecule has 0 fully saturated rings. The van der Waals surface area contributed by atoms with Crippen molar-refractivity contribution in [2.24, 2.45) is 7.05 Å². The number of methoxy groups -OCH3 is 1. The standard InChI is InChI=1S/C20H21N3O4S2/c1-11-5-6-13(7-12(11)2)14-9-28-18-17(14)19(26)23(3)20(22-18)29-10-15(24)21-8-16(25)27-4/h5-7,9H,8,10H2,1-4H3,(H,21,24). The van der Waals surface area contributed by atoms with Crippen LogP contribution in [0.5, 0.6) is 0 Å². The molecule has 3 aromatic rings. The van der Waals surface area contributed by atoms with Crippen LogP contribution >= 0.6 is 23.1 Å². The number of fused-ring (bicyclic) bond motifs is 1. The number of benzene rings is 1. The first-order valence-corrected chi connectivity index (χ1v) is 10.7. The molecule has 0 bridgehead atoms. The molecule has 0 aliphatic carbocycles. The highest BCUT2D eigenvalue weighted by atomic mass is 32.2. The molecule has 1 amide bonds. The molecule has 0 radical (unpaired) electrons. The van der Waals surface area contributed by atoms with Gasteiger partial charge in [-0.2, -0.15) is 0 Å². The fraction of sp³-hybridized carbons (Fsp3) is 0.300. The van der Waals surface area contributed by atoms with Crippen LogP contribution in [-0.2, 0) is 21.4 Å². The summed E-state index contributed by atoms with van der Waals surface area (Å²) < 4.78 is 5.94. The average molecular weight is 432 g/mol. The molecule has 1 N–H and O–H groups in total. The first-order chi connectivity index (χ1) is 13.8. The van der Waals surface area contributed by atoms with Crippen molar-refractivity contribution >= 4 is 45.2 Å². The van der Waals surface area contributed by atoms with E-state index in [0.29, 0.717) is 15.4 Å². The molecule has 0 spiro atoms. The summed E-state index contributed by atoms with van der Waals surface area (Å²) >= 11 is 2.56. The average Bonchev–Trinajstić information content (AvgIpc) is 3.13. The van der Waals surface area contributed by atoms with Crippen LogP contribution in [-0.4, -0.2) is 40.8 Å². The highest BCUT2D eigenvalue weighted by Crippen LogP contribution is 2.32. The monoisotopic (exact) mass is 431 g/mol. The number of aromatic nitrogens is 2.